The highest BCUT2D eigenvalue weighted by molar-refractivity contribution is 5.89. The van der Waals surface area contributed by atoms with Crippen LogP contribution in [-0.4, -0.2) is 68.8 Å². The highest BCUT2D eigenvalue weighted by Crippen LogP contribution is 2.24. The molecule has 5 N–H and O–H groups in total. The van der Waals surface area contributed by atoms with E-state index in [0.717, 1.165) is 0 Å². The van der Waals surface area contributed by atoms with E-state index >= 15 is 0 Å². The van der Waals surface area contributed by atoms with Crippen molar-refractivity contribution in [3.63, 3.8) is 0 Å². The first-order valence-electron chi connectivity index (χ1n) is 6.91. The van der Waals surface area contributed by atoms with E-state index in [9.17, 15) is 25.2 Å². The Morgan fingerprint density at radius 2 is 1.78 bits per heavy atom. The van der Waals surface area contributed by atoms with Gasteiger partial charge in [0.15, 0.2) is 0 Å². The molecule has 0 unspecified atom stereocenters. The summed E-state index contributed by atoms with van der Waals surface area (Å²) in [5.41, 5.74) is 0.550. The lowest BCUT2D eigenvalue weighted by atomic mass is 9.99. The normalized spacial score (nSPS) is 31.7. The summed E-state index contributed by atoms with van der Waals surface area (Å²) < 4.78 is 10.2. The van der Waals surface area contributed by atoms with Crippen molar-refractivity contribution < 1.29 is 39.8 Å². The van der Waals surface area contributed by atoms with Crippen LogP contribution >= 0.6 is 0 Å². The number of aliphatic carboxylic acids is 1. The third-order valence-electron chi connectivity index (χ3n) is 3.40. The van der Waals surface area contributed by atoms with Gasteiger partial charge in [0.25, 0.3) is 0 Å². The molecular weight excluding hydrogens is 308 g/mol. The summed E-state index contributed by atoms with van der Waals surface area (Å²) in [7, 11) is 0. The minimum atomic E-state index is -1.67. The number of hydrogen-bond acceptors (Lipinski definition) is 7. The SMILES string of the molecule is O=C(O)C(=Cc1ccccc1)O[C@@H]1O[C@H](CO)[C@@H](O)[C@@H](O)[C@@H]1O. The highest BCUT2D eigenvalue weighted by Gasteiger charge is 2.45. The van der Waals surface area contributed by atoms with Crippen molar-refractivity contribution in [1.29, 1.82) is 0 Å². The average Bonchev–Trinajstić information content (AvgIpc) is 2.55. The lowest BCUT2D eigenvalue weighted by Crippen LogP contribution is -2.59. The summed E-state index contributed by atoms with van der Waals surface area (Å²) in [6, 6.07) is 8.48. The quantitative estimate of drug-likeness (QED) is 0.341. The van der Waals surface area contributed by atoms with Crippen LogP contribution in [0.5, 0.6) is 0 Å². The molecule has 0 amide bonds. The number of carboxylic acids is 1. The van der Waals surface area contributed by atoms with E-state index in [1.807, 2.05) is 0 Å². The second-order valence-corrected chi connectivity index (χ2v) is 5.04. The molecule has 1 saturated heterocycles. The molecule has 23 heavy (non-hydrogen) atoms. The van der Waals surface area contributed by atoms with E-state index in [-0.39, 0.29) is 0 Å². The van der Waals surface area contributed by atoms with E-state index in [1.165, 1.54) is 6.08 Å². The Bertz CT molecular complexity index is 556. The number of carbonyl (C=O) groups is 1. The van der Waals surface area contributed by atoms with Crippen LogP contribution in [0.25, 0.3) is 6.08 Å². The number of aliphatic hydroxyl groups excluding tert-OH is 4. The maximum absolute atomic E-state index is 11.3. The number of benzene rings is 1. The van der Waals surface area contributed by atoms with Gasteiger partial charge in [-0.05, 0) is 11.6 Å². The molecule has 1 aliphatic heterocycles. The van der Waals surface area contributed by atoms with E-state index in [0.29, 0.717) is 5.56 Å². The monoisotopic (exact) mass is 326 g/mol. The maximum Gasteiger partial charge on any atom is 0.371 e. The molecule has 1 aromatic rings. The van der Waals surface area contributed by atoms with Crippen LogP contribution in [0.3, 0.4) is 0 Å². The predicted molar refractivity (Wildman–Crippen MR) is 76.9 cm³/mol. The van der Waals surface area contributed by atoms with Crippen LogP contribution in [0, 0.1) is 0 Å². The molecule has 5 atom stereocenters. The van der Waals surface area contributed by atoms with Gasteiger partial charge in [-0.15, -0.1) is 0 Å². The third kappa shape index (κ3) is 4.06. The number of ether oxygens (including phenoxy) is 2. The lowest BCUT2D eigenvalue weighted by molar-refractivity contribution is -0.291. The Morgan fingerprint density at radius 3 is 2.35 bits per heavy atom. The molecule has 0 aromatic heterocycles. The Kier molecular flexibility index (Phi) is 5.69. The molecule has 1 heterocycles. The van der Waals surface area contributed by atoms with Crippen molar-refractivity contribution in [2.24, 2.45) is 0 Å². The molecule has 0 spiro atoms. The molecular formula is C15H18O8. The van der Waals surface area contributed by atoms with Crippen LogP contribution in [0.15, 0.2) is 36.1 Å². The molecule has 0 radical (unpaired) electrons. The first-order valence-corrected chi connectivity index (χ1v) is 6.91. The zero-order valence-electron chi connectivity index (χ0n) is 12.0. The van der Waals surface area contributed by atoms with Gasteiger partial charge in [-0.25, -0.2) is 4.79 Å². The Labute approximate surface area is 131 Å². The zero-order valence-corrected chi connectivity index (χ0v) is 12.0. The summed E-state index contributed by atoms with van der Waals surface area (Å²) in [6.07, 6.45) is -6.35. The molecule has 0 bridgehead atoms. The topological polar surface area (TPSA) is 137 Å². The standard InChI is InChI=1S/C15H18O8/c16-7-10-11(17)12(18)13(19)15(23-10)22-9(14(20)21)6-8-4-2-1-3-5-8/h1-6,10-13,15-19H,7H2,(H,20,21)/t10-,11-,12-,13+,15-/m1/s1. The summed E-state index contributed by atoms with van der Waals surface area (Å²) in [4.78, 5) is 11.3. The molecule has 0 aliphatic carbocycles. The Balaban J connectivity index is 2.19. The van der Waals surface area contributed by atoms with Crippen molar-refractivity contribution in [1.82, 2.24) is 0 Å². The van der Waals surface area contributed by atoms with Crippen molar-refractivity contribution >= 4 is 12.0 Å². The first kappa shape index (κ1) is 17.4. The predicted octanol–water partition coefficient (Wildman–Crippen LogP) is -1.07. The largest absolute Gasteiger partial charge is 0.475 e. The summed E-state index contributed by atoms with van der Waals surface area (Å²) >= 11 is 0. The van der Waals surface area contributed by atoms with Crippen molar-refractivity contribution in [3.05, 3.63) is 41.7 Å². The van der Waals surface area contributed by atoms with E-state index in [2.05, 4.69) is 0 Å². The fourth-order valence-corrected chi connectivity index (χ4v) is 2.14. The van der Waals surface area contributed by atoms with Gasteiger partial charge >= 0.3 is 5.97 Å². The minimum absolute atomic E-state index is 0.513. The molecule has 126 valence electrons. The summed E-state index contributed by atoms with van der Waals surface area (Å²) in [5, 5.41) is 47.5. The van der Waals surface area contributed by atoms with Crippen LogP contribution in [0.2, 0.25) is 0 Å². The minimum Gasteiger partial charge on any atom is -0.475 e. The number of rotatable bonds is 5. The van der Waals surface area contributed by atoms with Crippen LogP contribution in [0.4, 0.5) is 0 Å². The molecule has 0 saturated carbocycles. The smallest absolute Gasteiger partial charge is 0.371 e. The molecule has 8 nitrogen and oxygen atoms in total. The Morgan fingerprint density at radius 1 is 1.13 bits per heavy atom. The van der Waals surface area contributed by atoms with E-state index in [4.69, 9.17) is 14.6 Å². The second kappa shape index (κ2) is 7.53. The van der Waals surface area contributed by atoms with Crippen molar-refractivity contribution in [2.75, 3.05) is 6.61 Å². The van der Waals surface area contributed by atoms with Gasteiger partial charge in [-0.1, -0.05) is 30.3 Å². The van der Waals surface area contributed by atoms with E-state index in [1.54, 1.807) is 30.3 Å². The van der Waals surface area contributed by atoms with Gasteiger partial charge in [0.2, 0.25) is 12.0 Å². The second-order valence-electron chi connectivity index (χ2n) is 5.04. The average molecular weight is 326 g/mol. The van der Waals surface area contributed by atoms with Gasteiger partial charge in [0.05, 0.1) is 6.61 Å². The zero-order chi connectivity index (χ0) is 17.0. The third-order valence-corrected chi connectivity index (χ3v) is 3.40. The maximum atomic E-state index is 11.3. The van der Waals surface area contributed by atoms with Crippen LogP contribution in [0.1, 0.15) is 5.56 Å². The van der Waals surface area contributed by atoms with Gasteiger partial charge in [-0.2, -0.15) is 0 Å². The van der Waals surface area contributed by atoms with E-state index < -0.39 is 49.0 Å². The summed E-state index contributed by atoms with van der Waals surface area (Å²) in [6.45, 7) is -0.629. The molecule has 1 aliphatic rings. The number of aliphatic hydroxyl groups is 4. The van der Waals surface area contributed by atoms with Gasteiger partial charge in [0, 0.05) is 0 Å². The molecule has 8 heteroatoms. The lowest BCUT2D eigenvalue weighted by Gasteiger charge is -2.39. The highest BCUT2D eigenvalue weighted by atomic mass is 16.7. The van der Waals surface area contributed by atoms with Gasteiger partial charge in [0.1, 0.15) is 24.4 Å². The molecule has 1 aromatic carbocycles. The molecule has 1 fully saturated rings. The number of carboxylic acid groups (broad SMARTS) is 1. The van der Waals surface area contributed by atoms with Gasteiger partial charge in [-0.3, -0.25) is 0 Å². The van der Waals surface area contributed by atoms with Gasteiger partial charge < -0.3 is 35.0 Å². The van der Waals surface area contributed by atoms with Crippen LogP contribution in [-0.2, 0) is 14.3 Å². The van der Waals surface area contributed by atoms with Crippen molar-refractivity contribution in [2.45, 2.75) is 30.7 Å². The fraction of sp³-hybridized carbons (Fsp3) is 0.400. The first-order chi connectivity index (χ1) is 10.9. The van der Waals surface area contributed by atoms with Crippen molar-refractivity contribution in [3.8, 4) is 0 Å². The van der Waals surface area contributed by atoms with Crippen LogP contribution < -0.4 is 0 Å². The fourth-order valence-electron chi connectivity index (χ4n) is 2.14. The number of hydrogen-bond donors (Lipinski definition) is 5. The Hall–Kier alpha value is -1.97. The summed E-state index contributed by atoms with van der Waals surface area (Å²) in [5.74, 6) is -1.91. The molecule has 2 rings (SSSR count).